The molecule has 2 heteroatoms. The maximum atomic E-state index is 6.41. The maximum Gasteiger partial charge on any atom is 0.137 e. The van der Waals surface area contributed by atoms with Gasteiger partial charge in [0.15, 0.2) is 0 Å². The van der Waals surface area contributed by atoms with Crippen molar-refractivity contribution in [1.29, 1.82) is 0 Å². The second-order valence-electron chi connectivity index (χ2n) is 20.5. The molecule has 0 saturated heterocycles. The van der Waals surface area contributed by atoms with E-state index in [1.54, 1.807) is 11.1 Å². The monoisotopic (exact) mass is 859 g/mol. The van der Waals surface area contributed by atoms with Crippen LogP contribution in [0.4, 0.5) is 17.1 Å². The van der Waals surface area contributed by atoms with Crippen molar-refractivity contribution in [1.82, 2.24) is 0 Å². The average molecular weight is 860 g/mol. The third-order valence-electron chi connectivity index (χ3n) is 17.6. The van der Waals surface area contributed by atoms with Crippen LogP contribution in [0.15, 0.2) is 217 Å². The van der Waals surface area contributed by atoms with Gasteiger partial charge in [-0.2, -0.15) is 0 Å². The Labute approximate surface area is 392 Å². The van der Waals surface area contributed by atoms with Gasteiger partial charge in [0.1, 0.15) is 11.2 Å². The van der Waals surface area contributed by atoms with Gasteiger partial charge in [0.2, 0.25) is 0 Å². The number of benzene rings is 9. The van der Waals surface area contributed by atoms with Crippen LogP contribution in [0, 0.1) is 29.1 Å². The third-order valence-corrected chi connectivity index (χ3v) is 17.6. The molecule has 0 N–H and O–H groups in total. The molecular formula is C65H49NO. The van der Waals surface area contributed by atoms with Crippen LogP contribution in [0.5, 0.6) is 0 Å². The zero-order chi connectivity index (χ0) is 43.8. The summed E-state index contributed by atoms with van der Waals surface area (Å²) in [6.07, 6.45) is 7.32. The maximum absolute atomic E-state index is 6.41. The molecule has 0 radical (unpaired) electrons. The molecule has 67 heavy (non-hydrogen) atoms. The van der Waals surface area contributed by atoms with Gasteiger partial charge in [-0.25, -0.2) is 0 Å². The lowest BCUT2D eigenvalue weighted by Gasteiger charge is -2.54. The molecule has 320 valence electrons. The van der Waals surface area contributed by atoms with Crippen LogP contribution in [-0.2, 0) is 5.41 Å². The normalized spacial score (nSPS) is 23.6. The average Bonchev–Trinajstić information content (AvgIpc) is 4.01. The smallest absolute Gasteiger partial charge is 0.137 e. The Morgan fingerprint density at radius 3 is 1.76 bits per heavy atom. The number of hydrogen-bond acceptors (Lipinski definition) is 2. The summed E-state index contributed by atoms with van der Waals surface area (Å²) in [5.41, 5.74) is 21.9. The minimum Gasteiger partial charge on any atom is -0.456 e. The molecule has 9 aromatic carbocycles. The largest absolute Gasteiger partial charge is 0.456 e. The summed E-state index contributed by atoms with van der Waals surface area (Å²) < 4.78 is 6.41. The molecule has 10 aromatic rings. The second kappa shape index (κ2) is 14.0. The third kappa shape index (κ3) is 5.33. The standard InChI is InChI=1S/C65H49NO/c1-2-11-42(12-3-1)43-21-26-50(27-22-43)66(52-30-31-57-56-18-7-9-20-61(56)67-62(57)38-52)51-28-23-44(24-29-51)45-13-10-14-46(35-45)53-15-4-5-16-54(53)47-25-32-60-58(36-47)55-17-6-8-19-59(55)65(60)49-34-41-33-48-37-63(65)64(48,39-41)40-49/h1-32,35-36,38,41,48-49,63H,33-34,37,39-40H2. The number of nitrogens with zero attached hydrogens (tertiary/aromatic N) is 1. The van der Waals surface area contributed by atoms with Crippen molar-refractivity contribution in [2.45, 2.75) is 37.5 Å². The van der Waals surface area contributed by atoms with E-state index in [2.05, 4.69) is 205 Å². The Morgan fingerprint density at radius 1 is 0.373 bits per heavy atom. The van der Waals surface area contributed by atoms with Crippen molar-refractivity contribution in [3.05, 3.63) is 223 Å². The predicted molar refractivity (Wildman–Crippen MR) is 276 cm³/mol. The molecule has 1 aromatic heterocycles. The number of furan rings is 1. The molecule has 15 rings (SSSR count). The summed E-state index contributed by atoms with van der Waals surface area (Å²) in [5.74, 6) is 3.52. The Kier molecular flexibility index (Phi) is 7.92. The quantitative estimate of drug-likeness (QED) is 0.159. The van der Waals surface area contributed by atoms with Crippen LogP contribution in [0.3, 0.4) is 0 Å². The molecule has 5 aliphatic carbocycles. The van der Waals surface area contributed by atoms with E-state index in [-0.39, 0.29) is 5.41 Å². The summed E-state index contributed by atoms with van der Waals surface area (Å²) >= 11 is 0. The Hall–Kier alpha value is -7.42. The zero-order valence-electron chi connectivity index (χ0n) is 37.4. The highest BCUT2D eigenvalue weighted by molar-refractivity contribution is 6.06. The van der Waals surface area contributed by atoms with E-state index in [0.29, 0.717) is 5.41 Å². The highest BCUT2D eigenvalue weighted by Crippen LogP contribution is 2.83. The first kappa shape index (κ1) is 37.8. The summed E-state index contributed by atoms with van der Waals surface area (Å²) in [4.78, 5) is 2.33. The first-order valence-electron chi connectivity index (χ1n) is 24.5. The van der Waals surface area contributed by atoms with Crippen molar-refractivity contribution in [3.8, 4) is 55.6 Å². The first-order valence-corrected chi connectivity index (χ1v) is 24.5. The minimum absolute atomic E-state index is 0.200. The van der Waals surface area contributed by atoms with Gasteiger partial charge in [0.25, 0.3) is 0 Å². The highest BCUT2D eigenvalue weighted by Gasteiger charge is 2.76. The lowest BCUT2D eigenvalue weighted by molar-refractivity contribution is -0.0193. The molecule has 6 atom stereocenters. The van der Waals surface area contributed by atoms with Gasteiger partial charge < -0.3 is 9.32 Å². The number of fused-ring (bicyclic) bond motifs is 12. The molecule has 3 bridgehead atoms. The van der Waals surface area contributed by atoms with Crippen LogP contribution in [0.2, 0.25) is 0 Å². The fourth-order valence-electron chi connectivity index (χ4n) is 15.1. The van der Waals surface area contributed by atoms with Crippen LogP contribution >= 0.6 is 0 Å². The lowest BCUT2D eigenvalue weighted by Crippen LogP contribution is -2.50. The number of para-hydroxylation sites is 1. The first-order chi connectivity index (χ1) is 33.1. The van der Waals surface area contributed by atoms with Gasteiger partial charge in [-0.05, 0) is 183 Å². The minimum atomic E-state index is 0.200. The van der Waals surface area contributed by atoms with Crippen molar-refractivity contribution in [3.63, 3.8) is 0 Å². The lowest BCUT2D eigenvalue weighted by atomic mass is 9.49. The fraction of sp³-hybridized carbons (Fsp3) is 0.169. The zero-order valence-corrected chi connectivity index (χ0v) is 37.4. The Bertz CT molecular complexity index is 3600. The second-order valence-corrected chi connectivity index (χ2v) is 20.5. The summed E-state index contributed by atoms with van der Waals surface area (Å²) in [5, 5.41) is 2.26. The van der Waals surface area contributed by atoms with Crippen LogP contribution in [-0.4, -0.2) is 0 Å². The summed E-state index contributed by atoms with van der Waals surface area (Å²) in [7, 11) is 0. The molecule has 0 amide bonds. The molecule has 2 nitrogen and oxygen atoms in total. The van der Waals surface area contributed by atoms with Gasteiger partial charge in [-0.1, -0.05) is 152 Å². The van der Waals surface area contributed by atoms with Gasteiger partial charge in [-0.3, -0.25) is 0 Å². The Morgan fingerprint density at radius 2 is 0.955 bits per heavy atom. The molecule has 2 spiro atoms. The molecule has 0 aliphatic heterocycles. The fourth-order valence-corrected chi connectivity index (χ4v) is 15.1. The molecule has 5 aliphatic rings. The molecule has 4 fully saturated rings. The van der Waals surface area contributed by atoms with E-state index in [4.69, 9.17) is 4.42 Å². The topological polar surface area (TPSA) is 16.4 Å². The van der Waals surface area contributed by atoms with Crippen molar-refractivity contribution in [2.75, 3.05) is 4.90 Å². The van der Waals surface area contributed by atoms with Gasteiger partial charge >= 0.3 is 0 Å². The van der Waals surface area contributed by atoms with Crippen molar-refractivity contribution in [2.24, 2.45) is 29.1 Å². The van der Waals surface area contributed by atoms with Crippen molar-refractivity contribution < 1.29 is 4.42 Å². The molecule has 4 saturated carbocycles. The number of anilines is 3. The van der Waals surface area contributed by atoms with Gasteiger partial charge in [0, 0.05) is 39.3 Å². The van der Waals surface area contributed by atoms with E-state index >= 15 is 0 Å². The van der Waals surface area contributed by atoms with E-state index in [0.717, 1.165) is 62.7 Å². The van der Waals surface area contributed by atoms with Gasteiger partial charge in [0.05, 0.1) is 0 Å². The van der Waals surface area contributed by atoms with E-state index in [9.17, 15) is 0 Å². The van der Waals surface area contributed by atoms with Crippen LogP contribution in [0.25, 0.3) is 77.6 Å². The Balaban J connectivity index is 0.780. The highest BCUT2D eigenvalue weighted by atomic mass is 16.3. The van der Waals surface area contributed by atoms with E-state index in [1.807, 2.05) is 12.1 Å². The van der Waals surface area contributed by atoms with Crippen LogP contribution in [0.1, 0.15) is 43.2 Å². The van der Waals surface area contributed by atoms with Crippen molar-refractivity contribution >= 4 is 39.0 Å². The number of rotatable bonds is 7. The van der Waals surface area contributed by atoms with Crippen LogP contribution < -0.4 is 4.90 Å². The SMILES string of the molecule is c1ccc(-c2ccc(N(c3ccc(-c4cccc(-c5ccccc5-c5ccc6c(c5)-c5ccccc5C65C6CC7CC8CC5C8(C7)C6)c4)cc3)c3ccc4c(c3)oc3ccccc34)cc2)cc1. The predicted octanol–water partition coefficient (Wildman–Crippen LogP) is 17.4. The number of hydrogen-bond donors (Lipinski definition) is 0. The van der Waals surface area contributed by atoms with Gasteiger partial charge in [-0.15, -0.1) is 0 Å². The molecule has 6 unspecified atom stereocenters. The van der Waals surface area contributed by atoms with E-state index < -0.39 is 0 Å². The molecular weight excluding hydrogens is 811 g/mol. The van der Waals surface area contributed by atoms with E-state index in [1.165, 1.54) is 87.7 Å². The summed E-state index contributed by atoms with van der Waals surface area (Å²) in [6.45, 7) is 0. The molecule has 1 heterocycles. The summed E-state index contributed by atoms with van der Waals surface area (Å²) in [6, 6.07) is 78.7.